The molecular weight excluding hydrogens is 396 g/mol. The van der Waals surface area contributed by atoms with Gasteiger partial charge in [0.15, 0.2) is 0 Å². The van der Waals surface area contributed by atoms with Crippen LogP contribution in [0.15, 0.2) is 84.9 Å². The number of amides is 1. The molecule has 0 spiro atoms. The summed E-state index contributed by atoms with van der Waals surface area (Å²) in [5.74, 6) is 12.5. The van der Waals surface area contributed by atoms with E-state index in [1.165, 1.54) is 7.11 Å². The second-order valence-corrected chi connectivity index (χ2v) is 6.09. The second-order valence-electron chi connectivity index (χ2n) is 6.09. The van der Waals surface area contributed by atoms with Crippen molar-refractivity contribution in [1.82, 2.24) is 5.43 Å². The minimum Gasteiger partial charge on any atom is -0.465 e. The maximum absolute atomic E-state index is 11.2. The van der Waals surface area contributed by atoms with Crippen LogP contribution in [0.3, 0.4) is 0 Å². The number of hydrogen-bond acceptors (Lipinski definition) is 6. The third-order valence-corrected chi connectivity index (χ3v) is 4.31. The minimum absolute atomic E-state index is 0. The van der Waals surface area contributed by atoms with Gasteiger partial charge in [-0.2, -0.15) is 0 Å². The Morgan fingerprint density at radius 2 is 1.13 bits per heavy atom. The molecule has 8 nitrogen and oxygen atoms in total. The van der Waals surface area contributed by atoms with Gasteiger partial charge in [0.2, 0.25) is 0 Å². The maximum Gasteiger partial charge on any atom is 0.337 e. The van der Waals surface area contributed by atoms with Crippen molar-refractivity contribution in [1.29, 1.82) is 0 Å². The van der Waals surface area contributed by atoms with Crippen LogP contribution in [-0.4, -0.2) is 24.5 Å². The molecule has 4 aromatic carbocycles. The molecule has 0 fully saturated rings. The van der Waals surface area contributed by atoms with Crippen molar-refractivity contribution >= 4 is 33.4 Å². The number of fused-ring (bicyclic) bond motifs is 2. The summed E-state index contributed by atoms with van der Waals surface area (Å²) >= 11 is 0. The monoisotopic (exact) mass is 422 g/mol. The van der Waals surface area contributed by atoms with E-state index in [2.05, 4.69) is 21.8 Å². The van der Waals surface area contributed by atoms with Gasteiger partial charge in [-0.3, -0.25) is 21.9 Å². The minimum atomic E-state index is -0.296. The highest BCUT2D eigenvalue weighted by Crippen LogP contribution is 2.16. The van der Waals surface area contributed by atoms with Gasteiger partial charge in [0, 0.05) is 5.56 Å². The summed E-state index contributed by atoms with van der Waals surface area (Å²) in [6.07, 6.45) is 0. The molecule has 0 aliphatic heterocycles. The third-order valence-electron chi connectivity index (χ3n) is 4.31. The first-order valence-electron chi connectivity index (χ1n) is 9.02. The van der Waals surface area contributed by atoms with Crippen molar-refractivity contribution in [3.05, 3.63) is 96.1 Å². The molecule has 4 rings (SSSR count). The summed E-state index contributed by atoms with van der Waals surface area (Å²) < 4.78 is 4.65. The number of nitrogens with one attached hydrogen (secondary N) is 1. The second kappa shape index (κ2) is 12.7. The highest BCUT2D eigenvalue weighted by Gasteiger charge is 2.05. The highest BCUT2D eigenvalue weighted by molar-refractivity contribution is 5.98. The Labute approximate surface area is 179 Å². The SMILES string of the molecule is COC(=O)c1ccc2ccccc2c1.NN.NNC(=O)c1ccc2ccccc2c1.O. The molecule has 0 radical (unpaired) electrons. The molecule has 0 atom stereocenters. The maximum atomic E-state index is 11.2. The summed E-state index contributed by atoms with van der Waals surface area (Å²) in [6, 6.07) is 26.8. The smallest absolute Gasteiger partial charge is 0.337 e. The summed E-state index contributed by atoms with van der Waals surface area (Å²) in [6.45, 7) is 0. The van der Waals surface area contributed by atoms with Crippen LogP contribution in [0.4, 0.5) is 0 Å². The number of nitrogens with two attached hydrogens (primary N) is 3. The predicted octanol–water partition coefficient (Wildman–Crippen LogP) is 2.06. The van der Waals surface area contributed by atoms with Crippen LogP contribution in [0.1, 0.15) is 20.7 Å². The molecule has 0 aromatic heterocycles. The quantitative estimate of drug-likeness (QED) is 0.167. The lowest BCUT2D eigenvalue weighted by atomic mass is 10.1. The van der Waals surface area contributed by atoms with Crippen molar-refractivity contribution in [2.75, 3.05) is 7.11 Å². The van der Waals surface area contributed by atoms with Gasteiger partial charge in [0.25, 0.3) is 5.91 Å². The van der Waals surface area contributed by atoms with Crippen molar-refractivity contribution in [3.8, 4) is 0 Å². The standard InChI is InChI=1S/C12H10O2.C11H10N2O.H4N2.H2O/c1-14-12(13)11-7-6-9-4-2-3-5-10(9)8-11;12-13-11(14)10-6-5-8-3-1-2-4-9(8)7-10;1-2;/h2-8H,1H3;1-7H,12H2,(H,13,14);1-2H2;1H2. The molecule has 162 valence electrons. The molecule has 0 saturated heterocycles. The van der Waals surface area contributed by atoms with Crippen LogP contribution in [-0.2, 0) is 4.74 Å². The number of ether oxygens (including phenoxy) is 1. The zero-order valence-corrected chi connectivity index (χ0v) is 17.0. The van der Waals surface area contributed by atoms with Crippen molar-refractivity contribution < 1.29 is 19.8 Å². The van der Waals surface area contributed by atoms with Crippen LogP contribution in [0.5, 0.6) is 0 Å². The number of carbonyl (C=O) groups is 2. The molecular formula is C23H26N4O4. The molecule has 0 aliphatic carbocycles. The number of esters is 1. The number of rotatable bonds is 2. The molecule has 4 aromatic rings. The molecule has 1 amide bonds. The zero-order valence-electron chi connectivity index (χ0n) is 17.0. The number of hydrazine groups is 2. The van der Waals surface area contributed by atoms with E-state index in [1.54, 1.807) is 12.1 Å². The van der Waals surface area contributed by atoms with Gasteiger partial charge in [-0.15, -0.1) is 0 Å². The lowest BCUT2D eigenvalue weighted by Crippen LogP contribution is -2.29. The average Bonchev–Trinajstić information content (AvgIpc) is 2.84. The summed E-state index contributed by atoms with van der Waals surface area (Å²) in [4.78, 5) is 22.5. The fourth-order valence-corrected chi connectivity index (χ4v) is 2.85. The topological polar surface area (TPSA) is 165 Å². The molecule has 31 heavy (non-hydrogen) atoms. The van der Waals surface area contributed by atoms with Crippen molar-refractivity contribution in [2.24, 2.45) is 17.5 Å². The van der Waals surface area contributed by atoms with Gasteiger partial charge >= 0.3 is 5.97 Å². The highest BCUT2D eigenvalue weighted by atomic mass is 16.5. The van der Waals surface area contributed by atoms with Gasteiger partial charge in [0.05, 0.1) is 12.7 Å². The number of carbonyl (C=O) groups excluding carboxylic acids is 2. The van der Waals surface area contributed by atoms with Gasteiger partial charge in [-0.25, -0.2) is 10.6 Å². The number of nitrogen functional groups attached to an aromatic ring is 1. The normalized spacial score (nSPS) is 9.29. The van der Waals surface area contributed by atoms with Crippen LogP contribution >= 0.6 is 0 Å². The van der Waals surface area contributed by atoms with Crippen molar-refractivity contribution in [2.45, 2.75) is 0 Å². The van der Waals surface area contributed by atoms with E-state index in [9.17, 15) is 9.59 Å². The number of benzene rings is 4. The average molecular weight is 422 g/mol. The Morgan fingerprint density at radius 3 is 1.58 bits per heavy atom. The van der Waals surface area contributed by atoms with E-state index in [0.29, 0.717) is 11.1 Å². The summed E-state index contributed by atoms with van der Waals surface area (Å²) in [5.41, 5.74) is 3.27. The molecule has 0 unspecified atom stereocenters. The fourth-order valence-electron chi connectivity index (χ4n) is 2.85. The van der Waals surface area contributed by atoms with Gasteiger partial charge in [0.1, 0.15) is 0 Å². The Hall–Kier alpha value is -3.82. The Kier molecular flexibility index (Phi) is 10.3. The van der Waals surface area contributed by atoms with Crippen LogP contribution < -0.4 is 23.0 Å². The third kappa shape index (κ3) is 6.59. The largest absolute Gasteiger partial charge is 0.465 e. The van der Waals surface area contributed by atoms with E-state index >= 15 is 0 Å². The van der Waals surface area contributed by atoms with E-state index in [1.807, 2.05) is 72.8 Å². The molecule has 0 saturated carbocycles. The molecule has 0 heterocycles. The lowest BCUT2D eigenvalue weighted by Gasteiger charge is -2.01. The van der Waals surface area contributed by atoms with Crippen LogP contribution in [0, 0.1) is 0 Å². The van der Waals surface area contributed by atoms with Gasteiger partial charge in [-0.1, -0.05) is 60.7 Å². The fraction of sp³-hybridized carbons (Fsp3) is 0.0435. The van der Waals surface area contributed by atoms with Crippen molar-refractivity contribution in [3.63, 3.8) is 0 Å². The first-order valence-corrected chi connectivity index (χ1v) is 9.02. The Balaban J connectivity index is 0.000000279. The van der Waals surface area contributed by atoms with E-state index in [-0.39, 0.29) is 17.4 Å². The van der Waals surface area contributed by atoms with E-state index in [0.717, 1.165) is 21.5 Å². The predicted molar refractivity (Wildman–Crippen MR) is 123 cm³/mol. The first-order chi connectivity index (χ1) is 14.6. The van der Waals surface area contributed by atoms with Gasteiger partial charge < -0.3 is 10.2 Å². The zero-order chi connectivity index (χ0) is 21.9. The van der Waals surface area contributed by atoms with Gasteiger partial charge in [-0.05, 0) is 45.8 Å². The Morgan fingerprint density at radius 1 is 0.710 bits per heavy atom. The molecule has 0 aliphatic rings. The number of methoxy groups -OCH3 is 1. The number of hydrogen-bond donors (Lipinski definition) is 4. The van der Waals surface area contributed by atoms with Crippen LogP contribution in [0.2, 0.25) is 0 Å². The summed E-state index contributed by atoms with van der Waals surface area (Å²) in [7, 11) is 1.39. The Bertz CT molecular complexity index is 1060. The summed E-state index contributed by atoms with van der Waals surface area (Å²) in [5, 5.41) is 4.32. The first kappa shape index (κ1) is 25.2. The van der Waals surface area contributed by atoms with Crippen LogP contribution in [0.25, 0.3) is 21.5 Å². The van der Waals surface area contributed by atoms with E-state index in [4.69, 9.17) is 5.84 Å². The molecule has 8 heteroatoms. The lowest BCUT2D eigenvalue weighted by molar-refractivity contribution is 0.0600. The molecule has 0 bridgehead atoms. The molecule has 9 N–H and O–H groups in total. The van der Waals surface area contributed by atoms with E-state index < -0.39 is 0 Å².